The van der Waals surface area contributed by atoms with Gasteiger partial charge in [-0.05, 0) is 43.9 Å². The zero-order valence-corrected chi connectivity index (χ0v) is 22.2. The molecule has 9 heteroatoms. The molecule has 2 fully saturated rings. The number of fused-ring (bicyclic) bond motifs is 1. The first-order valence-corrected chi connectivity index (χ1v) is 12.9. The minimum Gasteiger partial charge on any atom is -0.392 e. The van der Waals surface area contributed by atoms with E-state index in [-0.39, 0.29) is 38.0 Å². The molecule has 1 saturated heterocycles. The van der Waals surface area contributed by atoms with Crippen molar-refractivity contribution >= 4 is 5.78 Å². The maximum atomic E-state index is 13.8. The summed E-state index contributed by atoms with van der Waals surface area (Å²) in [6, 6.07) is 9.37. The molecule has 8 unspecified atom stereocenters. The molecular formula is C28H40O9. The van der Waals surface area contributed by atoms with Gasteiger partial charge in [-0.25, -0.2) is 9.78 Å². The van der Waals surface area contributed by atoms with Crippen molar-refractivity contribution in [3.8, 4) is 0 Å². The Bertz CT molecular complexity index is 1040. The lowest BCUT2D eigenvalue weighted by Crippen LogP contribution is -2.69. The molecule has 1 aliphatic heterocycles. The van der Waals surface area contributed by atoms with E-state index in [1.165, 1.54) is 6.92 Å². The number of ketones is 1. The minimum absolute atomic E-state index is 0.0614. The van der Waals surface area contributed by atoms with Crippen LogP contribution in [0.2, 0.25) is 0 Å². The number of ether oxygens (including phenoxy) is 1. The van der Waals surface area contributed by atoms with Crippen molar-refractivity contribution in [2.75, 3.05) is 6.61 Å². The predicted molar refractivity (Wildman–Crippen MR) is 133 cm³/mol. The normalized spacial score (nSPS) is 38.9. The molecule has 0 amide bonds. The highest BCUT2D eigenvalue weighted by Crippen LogP contribution is 2.54. The van der Waals surface area contributed by atoms with Crippen LogP contribution in [-0.4, -0.2) is 79.6 Å². The Morgan fingerprint density at radius 3 is 2.41 bits per heavy atom. The van der Waals surface area contributed by atoms with Gasteiger partial charge in [0.1, 0.15) is 30.0 Å². The molecule has 3 aliphatic rings. The lowest BCUT2D eigenvalue weighted by atomic mass is 9.55. The fourth-order valence-electron chi connectivity index (χ4n) is 6.46. The van der Waals surface area contributed by atoms with Gasteiger partial charge in [0.15, 0.2) is 5.78 Å². The van der Waals surface area contributed by atoms with E-state index in [9.17, 15) is 30.3 Å². The Labute approximate surface area is 217 Å². The second-order valence-corrected chi connectivity index (χ2v) is 11.9. The van der Waals surface area contributed by atoms with E-state index < -0.39 is 58.3 Å². The zero-order chi connectivity index (χ0) is 27.4. The summed E-state index contributed by atoms with van der Waals surface area (Å²) in [6.07, 6.45) is -5.57. The largest absolute Gasteiger partial charge is 0.392 e. The van der Waals surface area contributed by atoms with Gasteiger partial charge in [0.2, 0.25) is 0 Å². The first kappa shape index (κ1) is 28.3. The minimum atomic E-state index is -1.73. The fraction of sp³-hybridized carbons (Fsp3) is 0.679. The monoisotopic (exact) mass is 520 g/mol. The third-order valence-corrected chi connectivity index (χ3v) is 9.20. The summed E-state index contributed by atoms with van der Waals surface area (Å²) < 4.78 is 5.35. The third-order valence-electron chi connectivity index (χ3n) is 9.20. The van der Waals surface area contributed by atoms with Crippen molar-refractivity contribution < 1.29 is 44.8 Å². The second kappa shape index (κ2) is 9.81. The summed E-state index contributed by atoms with van der Waals surface area (Å²) in [6.45, 7) is 8.36. The summed E-state index contributed by atoms with van der Waals surface area (Å²) in [5.74, 6) is -0.674. The van der Waals surface area contributed by atoms with Crippen LogP contribution in [-0.2, 0) is 25.9 Å². The Morgan fingerprint density at radius 1 is 1.16 bits per heavy atom. The van der Waals surface area contributed by atoms with E-state index in [0.717, 1.165) is 5.56 Å². The van der Waals surface area contributed by atoms with Crippen LogP contribution in [0.3, 0.4) is 0 Å². The molecule has 1 aromatic rings. The standard InChI is InChI=1S/C28H40O9/c1-16-19(29)12-28(34,17(2)37-36-13-18-9-7-6-8-10-18)25(3,4)22(16)23(31)24(32)26(5)14-27(33)15-35-21(27)11-20(26)30/h6-10,17,19-21,23,29-31,33-34H,11-15H2,1-5H3. The molecule has 1 heterocycles. The van der Waals surface area contributed by atoms with E-state index in [0.29, 0.717) is 5.57 Å². The number of aliphatic hydroxyl groups is 5. The van der Waals surface area contributed by atoms with Gasteiger partial charge in [-0.3, -0.25) is 4.79 Å². The Morgan fingerprint density at radius 2 is 1.81 bits per heavy atom. The Balaban J connectivity index is 1.57. The molecule has 1 saturated carbocycles. The third kappa shape index (κ3) is 4.59. The molecule has 0 aromatic heterocycles. The van der Waals surface area contributed by atoms with E-state index in [1.807, 2.05) is 30.3 Å². The summed E-state index contributed by atoms with van der Waals surface area (Å²) in [5.41, 5.74) is -4.20. The predicted octanol–water partition coefficient (Wildman–Crippen LogP) is 1.58. The van der Waals surface area contributed by atoms with Crippen molar-refractivity contribution in [2.45, 2.75) is 102 Å². The van der Waals surface area contributed by atoms with Crippen molar-refractivity contribution in [1.82, 2.24) is 0 Å². The molecule has 8 atom stereocenters. The van der Waals surface area contributed by atoms with E-state index in [1.54, 1.807) is 27.7 Å². The zero-order valence-electron chi connectivity index (χ0n) is 22.2. The first-order chi connectivity index (χ1) is 17.2. The van der Waals surface area contributed by atoms with E-state index in [4.69, 9.17) is 14.5 Å². The molecule has 2 aliphatic carbocycles. The molecule has 37 heavy (non-hydrogen) atoms. The average molecular weight is 521 g/mol. The van der Waals surface area contributed by atoms with Gasteiger partial charge in [-0.15, -0.1) is 0 Å². The molecule has 206 valence electrons. The molecule has 1 aromatic carbocycles. The Kier molecular flexibility index (Phi) is 7.51. The number of carbonyl (C=O) groups excluding carboxylic acids is 1. The topological polar surface area (TPSA) is 146 Å². The highest BCUT2D eigenvalue weighted by molar-refractivity contribution is 5.92. The molecule has 0 spiro atoms. The van der Waals surface area contributed by atoms with Crippen LogP contribution in [0.15, 0.2) is 41.5 Å². The number of carbonyl (C=O) groups is 1. The highest BCUT2D eigenvalue weighted by Gasteiger charge is 2.63. The first-order valence-electron chi connectivity index (χ1n) is 12.9. The summed E-state index contributed by atoms with van der Waals surface area (Å²) in [7, 11) is 0. The number of hydrogen-bond donors (Lipinski definition) is 5. The fourth-order valence-corrected chi connectivity index (χ4v) is 6.46. The average Bonchev–Trinajstić information content (AvgIpc) is 2.84. The summed E-state index contributed by atoms with van der Waals surface area (Å²) in [4.78, 5) is 24.7. The summed E-state index contributed by atoms with van der Waals surface area (Å²) in [5, 5.41) is 55.9. The lowest BCUT2D eigenvalue weighted by molar-refractivity contribution is -0.366. The van der Waals surface area contributed by atoms with Gasteiger partial charge in [0.05, 0.1) is 30.3 Å². The van der Waals surface area contributed by atoms with Crippen LogP contribution in [0.1, 0.15) is 59.4 Å². The van der Waals surface area contributed by atoms with Crippen molar-refractivity contribution in [1.29, 1.82) is 0 Å². The van der Waals surface area contributed by atoms with Gasteiger partial charge in [0.25, 0.3) is 0 Å². The number of benzene rings is 1. The van der Waals surface area contributed by atoms with Crippen LogP contribution >= 0.6 is 0 Å². The van der Waals surface area contributed by atoms with Crippen LogP contribution < -0.4 is 0 Å². The van der Waals surface area contributed by atoms with E-state index >= 15 is 0 Å². The van der Waals surface area contributed by atoms with Gasteiger partial charge in [-0.2, -0.15) is 0 Å². The van der Waals surface area contributed by atoms with Gasteiger partial charge < -0.3 is 30.3 Å². The van der Waals surface area contributed by atoms with E-state index in [2.05, 4.69) is 0 Å². The van der Waals surface area contributed by atoms with Gasteiger partial charge in [-0.1, -0.05) is 44.2 Å². The van der Waals surface area contributed by atoms with Crippen molar-refractivity contribution in [3.05, 3.63) is 47.0 Å². The maximum absolute atomic E-state index is 13.8. The molecule has 0 radical (unpaired) electrons. The van der Waals surface area contributed by atoms with Gasteiger partial charge in [0, 0.05) is 18.3 Å². The second-order valence-electron chi connectivity index (χ2n) is 11.9. The summed E-state index contributed by atoms with van der Waals surface area (Å²) >= 11 is 0. The number of aliphatic hydroxyl groups excluding tert-OH is 3. The number of hydrogen-bond acceptors (Lipinski definition) is 9. The molecular weight excluding hydrogens is 480 g/mol. The smallest absolute Gasteiger partial charge is 0.174 e. The number of rotatable bonds is 8. The molecule has 0 bridgehead atoms. The molecule has 9 nitrogen and oxygen atoms in total. The van der Waals surface area contributed by atoms with Crippen LogP contribution in [0.5, 0.6) is 0 Å². The van der Waals surface area contributed by atoms with Crippen molar-refractivity contribution in [2.24, 2.45) is 10.8 Å². The molecule has 4 rings (SSSR count). The van der Waals surface area contributed by atoms with Crippen LogP contribution in [0.4, 0.5) is 0 Å². The lowest BCUT2D eigenvalue weighted by Gasteiger charge is -2.56. The SMILES string of the molecule is CC1=C(C(O)C(=O)C2(C)CC3(O)COC3CC2O)C(C)(C)C(O)(C(C)OOCc2ccccc2)CC1O. The Hall–Kier alpha value is -1.69. The van der Waals surface area contributed by atoms with Crippen LogP contribution in [0, 0.1) is 10.8 Å². The highest BCUT2D eigenvalue weighted by atomic mass is 17.2. The molecule has 5 N–H and O–H groups in total. The number of Topliss-reactive ketones (excluding diaryl/α,β-unsaturated/α-hetero) is 1. The maximum Gasteiger partial charge on any atom is 0.174 e. The quantitative estimate of drug-likeness (QED) is 0.196. The van der Waals surface area contributed by atoms with Gasteiger partial charge >= 0.3 is 0 Å². The van der Waals surface area contributed by atoms with Crippen molar-refractivity contribution in [3.63, 3.8) is 0 Å². The van der Waals surface area contributed by atoms with Crippen LogP contribution in [0.25, 0.3) is 0 Å².